The molecular formula is C13H11N7. The van der Waals surface area contributed by atoms with Gasteiger partial charge in [-0.15, -0.1) is 0 Å². The molecule has 0 atom stereocenters. The fourth-order valence-electron chi connectivity index (χ4n) is 1.53. The average Bonchev–Trinajstić information content (AvgIpc) is 2.49. The molecule has 2 aromatic rings. The van der Waals surface area contributed by atoms with Crippen LogP contribution in [-0.4, -0.2) is 21.5 Å². The highest BCUT2D eigenvalue weighted by Crippen LogP contribution is 2.26. The zero-order chi connectivity index (χ0) is 14.4. The van der Waals surface area contributed by atoms with Crippen LogP contribution in [0.2, 0.25) is 0 Å². The number of nitrogens with zero attached hydrogens (tertiary/aromatic N) is 4. The molecule has 0 amide bonds. The number of nitrogens with two attached hydrogens (primary N) is 1. The lowest BCUT2D eigenvalue weighted by Gasteiger charge is -2.08. The molecular weight excluding hydrogens is 254 g/mol. The van der Waals surface area contributed by atoms with E-state index in [4.69, 9.17) is 16.4 Å². The van der Waals surface area contributed by atoms with E-state index in [-0.39, 0.29) is 11.5 Å². The van der Waals surface area contributed by atoms with Gasteiger partial charge in [-0.1, -0.05) is 18.2 Å². The third-order valence-corrected chi connectivity index (χ3v) is 2.45. The van der Waals surface area contributed by atoms with Crippen molar-refractivity contribution in [2.75, 3.05) is 5.43 Å². The number of hydrazone groups is 1. The van der Waals surface area contributed by atoms with Crippen LogP contribution in [0.1, 0.15) is 0 Å². The third-order valence-electron chi connectivity index (χ3n) is 2.45. The number of hydrogen-bond donors (Lipinski definition) is 3. The summed E-state index contributed by atoms with van der Waals surface area (Å²) in [6.45, 7) is 0. The first kappa shape index (κ1) is 13.2. The summed E-state index contributed by atoms with van der Waals surface area (Å²) in [7, 11) is 0. The van der Waals surface area contributed by atoms with Crippen molar-refractivity contribution >= 4 is 17.2 Å². The predicted octanol–water partition coefficient (Wildman–Crippen LogP) is 1.37. The van der Waals surface area contributed by atoms with Crippen LogP contribution in [0.15, 0.2) is 48.1 Å². The summed E-state index contributed by atoms with van der Waals surface area (Å²) in [6, 6.07) is 9.10. The van der Waals surface area contributed by atoms with Crippen molar-refractivity contribution in [3.8, 4) is 17.2 Å². The predicted molar refractivity (Wildman–Crippen MR) is 76.1 cm³/mol. The van der Waals surface area contributed by atoms with E-state index >= 15 is 0 Å². The van der Waals surface area contributed by atoms with E-state index < -0.39 is 0 Å². The topological polar surface area (TPSA) is 124 Å². The van der Waals surface area contributed by atoms with E-state index in [1.165, 1.54) is 6.33 Å². The van der Waals surface area contributed by atoms with Crippen LogP contribution in [0.3, 0.4) is 0 Å². The summed E-state index contributed by atoms with van der Waals surface area (Å²) < 4.78 is 0. The Balaban J connectivity index is 2.35. The van der Waals surface area contributed by atoms with Gasteiger partial charge in [0.2, 0.25) is 5.71 Å². The van der Waals surface area contributed by atoms with E-state index in [2.05, 4.69) is 20.5 Å². The molecule has 1 heterocycles. The van der Waals surface area contributed by atoms with Crippen molar-refractivity contribution in [2.24, 2.45) is 10.8 Å². The quantitative estimate of drug-likeness (QED) is 0.437. The van der Waals surface area contributed by atoms with Crippen molar-refractivity contribution in [1.29, 1.82) is 10.7 Å². The summed E-state index contributed by atoms with van der Waals surface area (Å²) in [6.07, 6.45) is 4.79. The number of nitriles is 1. The molecule has 0 aliphatic carbocycles. The van der Waals surface area contributed by atoms with Gasteiger partial charge < -0.3 is 5.73 Å². The lowest BCUT2D eigenvalue weighted by atomic mass is 10.1. The summed E-state index contributed by atoms with van der Waals surface area (Å²) >= 11 is 0. The number of hydrogen-bond acceptors (Lipinski definition) is 6. The number of benzene rings is 1. The maximum absolute atomic E-state index is 8.80. The van der Waals surface area contributed by atoms with Crippen LogP contribution in [0, 0.1) is 16.7 Å². The molecule has 0 saturated heterocycles. The van der Waals surface area contributed by atoms with Gasteiger partial charge in [0, 0.05) is 23.5 Å². The first-order valence-corrected chi connectivity index (χ1v) is 5.65. The number of aromatic nitrogens is 2. The van der Waals surface area contributed by atoms with Gasteiger partial charge in [-0.05, 0) is 6.07 Å². The second-order valence-corrected chi connectivity index (χ2v) is 3.77. The molecule has 7 nitrogen and oxygen atoms in total. The van der Waals surface area contributed by atoms with E-state index in [0.29, 0.717) is 5.69 Å². The molecule has 0 unspecified atom stereocenters. The van der Waals surface area contributed by atoms with Crippen molar-refractivity contribution in [3.05, 3.63) is 43.0 Å². The second-order valence-electron chi connectivity index (χ2n) is 3.77. The number of rotatable bonds is 4. The van der Waals surface area contributed by atoms with E-state index in [9.17, 15) is 0 Å². The minimum absolute atomic E-state index is 0.177. The molecule has 0 fully saturated rings. The molecule has 1 aromatic carbocycles. The molecule has 1 aromatic heterocycles. The van der Waals surface area contributed by atoms with Crippen LogP contribution in [-0.2, 0) is 0 Å². The fraction of sp³-hybridized carbons (Fsp3) is 0. The van der Waals surface area contributed by atoms with Crippen LogP contribution in [0.5, 0.6) is 0 Å². The van der Waals surface area contributed by atoms with Crippen LogP contribution in [0.25, 0.3) is 11.1 Å². The van der Waals surface area contributed by atoms with Crippen molar-refractivity contribution in [2.45, 2.75) is 0 Å². The Morgan fingerprint density at radius 2 is 2.00 bits per heavy atom. The number of amidine groups is 1. The molecule has 98 valence electrons. The Bertz CT molecular complexity index is 685. The molecule has 4 N–H and O–H groups in total. The fourth-order valence-corrected chi connectivity index (χ4v) is 1.53. The molecule has 0 bridgehead atoms. The van der Waals surface area contributed by atoms with E-state index in [0.717, 1.165) is 11.1 Å². The van der Waals surface area contributed by atoms with Crippen LogP contribution in [0.4, 0.5) is 5.69 Å². The minimum Gasteiger partial charge on any atom is -0.382 e. The number of para-hydroxylation sites is 1. The van der Waals surface area contributed by atoms with Crippen LogP contribution < -0.4 is 11.2 Å². The van der Waals surface area contributed by atoms with Crippen molar-refractivity contribution < 1.29 is 0 Å². The van der Waals surface area contributed by atoms with Gasteiger partial charge >= 0.3 is 0 Å². The van der Waals surface area contributed by atoms with Crippen LogP contribution >= 0.6 is 0 Å². The van der Waals surface area contributed by atoms with Gasteiger partial charge in [-0.2, -0.15) is 10.4 Å². The normalized spacial score (nSPS) is 10.7. The summed E-state index contributed by atoms with van der Waals surface area (Å²) in [4.78, 5) is 7.92. The van der Waals surface area contributed by atoms with Gasteiger partial charge in [0.05, 0.1) is 5.69 Å². The molecule has 0 saturated carbocycles. The lowest BCUT2D eigenvalue weighted by Crippen LogP contribution is -2.21. The Hall–Kier alpha value is -3.27. The Kier molecular flexibility index (Phi) is 3.99. The summed E-state index contributed by atoms with van der Waals surface area (Å²) in [5.74, 6) is -0.388. The lowest BCUT2D eigenvalue weighted by molar-refractivity contribution is 1.17. The molecule has 20 heavy (non-hydrogen) atoms. The average molecular weight is 265 g/mol. The summed E-state index contributed by atoms with van der Waals surface area (Å²) in [5.41, 5.74) is 10.1. The zero-order valence-corrected chi connectivity index (χ0v) is 10.4. The van der Waals surface area contributed by atoms with Gasteiger partial charge in [0.1, 0.15) is 12.4 Å². The number of nitrogens with one attached hydrogen (secondary N) is 2. The first-order valence-electron chi connectivity index (χ1n) is 5.65. The Labute approximate surface area is 115 Å². The Morgan fingerprint density at radius 3 is 2.65 bits per heavy atom. The maximum atomic E-state index is 8.80. The standard InChI is InChI=1S/C13H11N7/c14-5-12(13(15)16)20-19-11-4-2-1-3-10(11)9-6-17-8-18-7-9/h1-4,6-8,19H,(H3,15,16)/b20-12+. The van der Waals surface area contributed by atoms with Gasteiger partial charge in [-0.3, -0.25) is 10.8 Å². The van der Waals surface area contributed by atoms with Gasteiger partial charge in [0.15, 0.2) is 5.84 Å². The highest BCUT2D eigenvalue weighted by molar-refractivity contribution is 6.45. The van der Waals surface area contributed by atoms with E-state index in [1.807, 2.05) is 18.2 Å². The summed E-state index contributed by atoms with van der Waals surface area (Å²) in [5, 5.41) is 19.8. The first-order chi connectivity index (χ1) is 9.72. The smallest absolute Gasteiger partial charge is 0.201 e. The van der Waals surface area contributed by atoms with Gasteiger partial charge in [-0.25, -0.2) is 9.97 Å². The second kappa shape index (κ2) is 6.06. The Morgan fingerprint density at radius 1 is 1.30 bits per heavy atom. The van der Waals surface area contributed by atoms with Crippen molar-refractivity contribution in [1.82, 2.24) is 9.97 Å². The highest BCUT2D eigenvalue weighted by atomic mass is 15.3. The third kappa shape index (κ3) is 2.94. The zero-order valence-electron chi connectivity index (χ0n) is 10.4. The number of anilines is 1. The molecule has 0 radical (unpaired) electrons. The molecule has 0 spiro atoms. The highest BCUT2D eigenvalue weighted by Gasteiger charge is 2.06. The van der Waals surface area contributed by atoms with Gasteiger partial charge in [0.25, 0.3) is 0 Å². The maximum Gasteiger partial charge on any atom is 0.201 e. The molecule has 0 aliphatic rings. The SMILES string of the molecule is N#C/C(=N\Nc1ccccc1-c1cncnc1)C(=N)N. The largest absolute Gasteiger partial charge is 0.382 e. The van der Waals surface area contributed by atoms with Crippen molar-refractivity contribution in [3.63, 3.8) is 0 Å². The van der Waals surface area contributed by atoms with E-state index in [1.54, 1.807) is 24.5 Å². The minimum atomic E-state index is -0.388. The molecule has 2 rings (SSSR count). The molecule has 7 heteroatoms. The molecule has 0 aliphatic heterocycles. The monoisotopic (exact) mass is 265 g/mol.